The van der Waals surface area contributed by atoms with Crippen LogP contribution in [0.3, 0.4) is 0 Å². The Balaban J connectivity index is 2.47. The molecule has 19 heavy (non-hydrogen) atoms. The zero-order valence-corrected chi connectivity index (χ0v) is 12.3. The number of carbonyl (C=O) groups is 1. The maximum atomic E-state index is 11.4. The molecule has 0 aromatic heterocycles. The number of methoxy groups -OCH3 is 1. The smallest absolute Gasteiger partial charge is 0.411 e. The fraction of sp³-hybridized carbons (Fsp3) is 0.133. The molecule has 2 rings (SSSR count). The lowest BCUT2D eigenvalue weighted by Gasteiger charge is -2.12. The minimum Gasteiger partial charge on any atom is -0.453 e. The molecule has 0 fully saturated rings. The van der Waals surface area contributed by atoms with Gasteiger partial charge in [-0.1, -0.05) is 40.2 Å². The maximum absolute atomic E-state index is 11.4. The van der Waals surface area contributed by atoms with Gasteiger partial charge in [0.05, 0.1) is 12.8 Å². The number of anilines is 1. The number of carbonyl (C=O) groups excluding carboxylic acids is 1. The van der Waals surface area contributed by atoms with Crippen LogP contribution in [-0.4, -0.2) is 13.2 Å². The van der Waals surface area contributed by atoms with E-state index in [1.54, 1.807) is 0 Å². The van der Waals surface area contributed by atoms with Crippen LogP contribution in [0.2, 0.25) is 0 Å². The lowest BCUT2D eigenvalue weighted by molar-refractivity contribution is 0.187. The van der Waals surface area contributed by atoms with E-state index >= 15 is 0 Å². The summed E-state index contributed by atoms with van der Waals surface area (Å²) >= 11 is 3.45. The summed E-state index contributed by atoms with van der Waals surface area (Å²) in [4.78, 5) is 11.4. The van der Waals surface area contributed by atoms with E-state index in [0.29, 0.717) is 0 Å². The molecule has 0 aliphatic rings. The highest BCUT2D eigenvalue weighted by molar-refractivity contribution is 9.10. The van der Waals surface area contributed by atoms with Gasteiger partial charge in [-0.25, -0.2) is 4.79 Å². The summed E-state index contributed by atoms with van der Waals surface area (Å²) in [5.74, 6) is 0. The number of hydrogen-bond donors (Lipinski definition) is 1. The Kier molecular flexibility index (Phi) is 4.22. The minimum atomic E-state index is -0.470. The molecule has 0 unspecified atom stereocenters. The van der Waals surface area contributed by atoms with Gasteiger partial charge in [0, 0.05) is 10.0 Å². The summed E-state index contributed by atoms with van der Waals surface area (Å²) in [5, 5.41) is 2.73. The molecule has 0 aliphatic carbocycles. The largest absolute Gasteiger partial charge is 0.453 e. The summed E-state index contributed by atoms with van der Waals surface area (Å²) in [7, 11) is 1.35. The highest BCUT2D eigenvalue weighted by atomic mass is 79.9. The molecule has 2 aromatic carbocycles. The van der Waals surface area contributed by atoms with E-state index in [9.17, 15) is 4.79 Å². The standard InChI is InChI=1S/C15H14BrNO2/c1-10-9-11(16)7-8-12(10)13-5-3-4-6-14(13)17-15(18)19-2/h3-9H,1-2H3,(H,17,18). The SMILES string of the molecule is COC(=O)Nc1ccccc1-c1ccc(Br)cc1C. The van der Waals surface area contributed by atoms with Crippen molar-refractivity contribution >= 4 is 27.7 Å². The van der Waals surface area contributed by atoms with Crippen LogP contribution in [0, 0.1) is 6.92 Å². The van der Waals surface area contributed by atoms with Crippen molar-refractivity contribution in [2.75, 3.05) is 12.4 Å². The van der Waals surface area contributed by atoms with Crippen molar-refractivity contribution in [3.8, 4) is 11.1 Å². The lowest BCUT2D eigenvalue weighted by atomic mass is 9.99. The minimum absolute atomic E-state index is 0.470. The van der Waals surface area contributed by atoms with Crippen molar-refractivity contribution in [1.29, 1.82) is 0 Å². The molecule has 4 heteroatoms. The molecule has 0 bridgehead atoms. The number of rotatable bonds is 2. The van der Waals surface area contributed by atoms with E-state index in [0.717, 1.165) is 26.9 Å². The second-order valence-corrected chi connectivity index (χ2v) is 5.04. The summed E-state index contributed by atoms with van der Waals surface area (Å²) in [5.41, 5.74) is 3.92. The first-order valence-corrected chi connectivity index (χ1v) is 6.61. The first-order valence-electron chi connectivity index (χ1n) is 5.82. The Hall–Kier alpha value is -1.81. The molecule has 1 N–H and O–H groups in total. The van der Waals surface area contributed by atoms with Gasteiger partial charge in [0.2, 0.25) is 0 Å². The van der Waals surface area contributed by atoms with Crippen molar-refractivity contribution in [1.82, 2.24) is 0 Å². The molecule has 0 aliphatic heterocycles. The number of amides is 1. The molecule has 3 nitrogen and oxygen atoms in total. The molecule has 0 atom stereocenters. The average Bonchev–Trinajstić information content (AvgIpc) is 2.40. The van der Waals surface area contributed by atoms with Crippen LogP contribution in [0.4, 0.5) is 10.5 Å². The zero-order chi connectivity index (χ0) is 13.8. The third-order valence-electron chi connectivity index (χ3n) is 2.83. The lowest BCUT2D eigenvalue weighted by Crippen LogP contribution is -2.11. The summed E-state index contributed by atoms with van der Waals surface area (Å²) < 4.78 is 5.67. The Morgan fingerprint density at radius 3 is 2.58 bits per heavy atom. The van der Waals surface area contributed by atoms with E-state index in [2.05, 4.69) is 26.0 Å². The number of aryl methyl sites for hydroxylation is 1. The molecule has 0 radical (unpaired) electrons. The molecule has 98 valence electrons. The number of hydrogen-bond acceptors (Lipinski definition) is 2. The zero-order valence-electron chi connectivity index (χ0n) is 10.7. The van der Waals surface area contributed by atoms with Crippen LogP contribution in [0.25, 0.3) is 11.1 Å². The van der Waals surface area contributed by atoms with Crippen LogP contribution in [-0.2, 0) is 4.74 Å². The number of ether oxygens (including phenoxy) is 1. The van der Waals surface area contributed by atoms with Gasteiger partial charge in [0.15, 0.2) is 0 Å². The first-order chi connectivity index (χ1) is 9.11. The van der Waals surface area contributed by atoms with Gasteiger partial charge in [-0.3, -0.25) is 5.32 Å². The van der Waals surface area contributed by atoms with E-state index in [1.165, 1.54) is 7.11 Å². The quantitative estimate of drug-likeness (QED) is 0.878. The predicted octanol–water partition coefficient (Wildman–Crippen LogP) is 4.60. The van der Waals surface area contributed by atoms with Crippen LogP contribution < -0.4 is 5.32 Å². The van der Waals surface area contributed by atoms with Gasteiger partial charge >= 0.3 is 6.09 Å². The molecule has 1 amide bonds. The molecule has 0 spiro atoms. The molecule has 2 aromatic rings. The Morgan fingerprint density at radius 2 is 1.89 bits per heavy atom. The molecule has 0 heterocycles. The number of para-hydroxylation sites is 1. The van der Waals surface area contributed by atoms with Crippen molar-refractivity contribution < 1.29 is 9.53 Å². The van der Waals surface area contributed by atoms with Crippen molar-refractivity contribution in [2.45, 2.75) is 6.92 Å². The highest BCUT2D eigenvalue weighted by Crippen LogP contribution is 2.31. The Morgan fingerprint density at radius 1 is 1.16 bits per heavy atom. The second kappa shape index (κ2) is 5.89. The normalized spacial score (nSPS) is 10.1. The van der Waals surface area contributed by atoms with Gasteiger partial charge in [0.25, 0.3) is 0 Å². The van der Waals surface area contributed by atoms with Crippen LogP contribution in [0.15, 0.2) is 46.9 Å². The van der Waals surface area contributed by atoms with Gasteiger partial charge in [-0.05, 0) is 36.2 Å². The molecular formula is C15H14BrNO2. The fourth-order valence-electron chi connectivity index (χ4n) is 1.92. The van der Waals surface area contributed by atoms with E-state index in [-0.39, 0.29) is 0 Å². The predicted molar refractivity (Wildman–Crippen MR) is 80.3 cm³/mol. The van der Waals surface area contributed by atoms with E-state index < -0.39 is 6.09 Å². The van der Waals surface area contributed by atoms with Crippen LogP contribution in [0.1, 0.15) is 5.56 Å². The van der Waals surface area contributed by atoms with Crippen molar-refractivity contribution in [3.63, 3.8) is 0 Å². The summed E-state index contributed by atoms with van der Waals surface area (Å²) in [6.07, 6.45) is -0.470. The van der Waals surface area contributed by atoms with Gasteiger partial charge in [-0.2, -0.15) is 0 Å². The van der Waals surface area contributed by atoms with Crippen LogP contribution in [0.5, 0.6) is 0 Å². The van der Waals surface area contributed by atoms with Gasteiger partial charge in [-0.15, -0.1) is 0 Å². The Bertz CT molecular complexity index is 611. The highest BCUT2D eigenvalue weighted by Gasteiger charge is 2.10. The topological polar surface area (TPSA) is 38.3 Å². The molecule has 0 saturated carbocycles. The van der Waals surface area contributed by atoms with Crippen molar-refractivity contribution in [2.24, 2.45) is 0 Å². The van der Waals surface area contributed by atoms with E-state index in [4.69, 9.17) is 0 Å². The second-order valence-electron chi connectivity index (χ2n) is 4.12. The summed E-state index contributed by atoms with van der Waals surface area (Å²) in [6.45, 7) is 2.04. The summed E-state index contributed by atoms with van der Waals surface area (Å²) in [6, 6.07) is 13.7. The third-order valence-corrected chi connectivity index (χ3v) is 3.32. The number of nitrogens with one attached hydrogen (secondary N) is 1. The maximum Gasteiger partial charge on any atom is 0.411 e. The number of halogens is 1. The van der Waals surface area contributed by atoms with Crippen molar-refractivity contribution in [3.05, 3.63) is 52.5 Å². The molecular weight excluding hydrogens is 306 g/mol. The molecule has 0 saturated heterocycles. The first kappa shape index (κ1) is 13.6. The average molecular weight is 320 g/mol. The van der Waals surface area contributed by atoms with Gasteiger partial charge < -0.3 is 4.74 Å². The monoisotopic (exact) mass is 319 g/mol. The third kappa shape index (κ3) is 3.15. The fourth-order valence-corrected chi connectivity index (χ4v) is 2.39. The number of benzene rings is 2. The van der Waals surface area contributed by atoms with E-state index in [1.807, 2.05) is 49.4 Å². The van der Waals surface area contributed by atoms with Gasteiger partial charge in [0.1, 0.15) is 0 Å². The van der Waals surface area contributed by atoms with Crippen LogP contribution >= 0.6 is 15.9 Å². The Labute approximate surface area is 120 Å².